The standard InChI is InChI=1S/C12H15NO2S2/c1-9(13-17(2,14)15)7-10-8-16-12-6-4-3-5-11(10)12/h3-6,8-9,13H,7H2,1-2H3/t9-/m1/s1. The van der Waals surface area contributed by atoms with Gasteiger partial charge in [-0.3, -0.25) is 0 Å². The predicted octanol–water partition coefficient (Wildman–Crippen LogP) is 2.38. The van der Waals surface area contributed by atoms with Gasteiger partial charge in [0.05, 0.1) is 6.26 Å². The van der Waals surface area contributed by atoms with Crippen molar-refractivity contribution in [3.05, 3.63) is 35.2 Å². The Labute approximate surface area is 106 Å². The Balaban J connectivity index is 2.19. The van der Waals surface area contributed by atoms with Crippen LogP contribution in [0, 0.1) is 0 Å². The summed E-state index contributed by atoms with van der Waals surface area (Å²) in [6.45, 7) is 1.88. The maximum Gasteiger partial charge on any atom is 0.208 e. The van der Waals surface area contributed by atoms with E-state index in [1.165, 1.54) is 21.9 Å². The van der Waals surface area contributed by atoms with Crippen molar-refractivity contribution in [2.75, 3.05) is 6.26 Å². The van der Waals surface area contributed by atoms with Gasteiger partial charge in [0.25, 0.3) is 0 Å². The van der Waals surface area contributed by atoms with Crippen LogP contribution in [0.25, 0.3) is 10.1 Å². The van der Waals surface area contributed by atoms with E-state index < -0.39 is 10.0 Å². The van der Waals surface area contributed by atoms with E-state index in [0.29, 0.717) is 0 Å². The molecule has 0 unspecified atom stereocenters. The Morgan fingerprint density at radius 1 is 1.35 bits per heavy atom. The largest absolute Gasteiger partial charge is 0.213 e. The minimum Gasteiger partial charge on any atom is -0.213 e. The van der Waals surface area contributed by atoms with E-state index in [9.17, 15) is 8.42 Å². The van der Waals surface area contributed by atoms with Crippen LogP contribution in [0.15, 0.2) is 29.6 Å². The molecule has 0 aliphatic heterocycles. The summed E-state index contributed by atoms with van der Waals surface area (Å²) >= 11 is 1.70. The first kappa shape index (κ1) is 12.5. The molecule has 1 atom stereocenters. The SMILES string of the molecule is C[C@H](Cc1csc2ccccc12)NS(C)(=O)=O. The second kappa shape index (κ2) is 4.76. The molecule has 0 aliphatic rings. The van der Waals surface area contributed by atoms with Crippen molar-refractivity contribution in [2.45, 2.75) is 19.4 Å². The maximum absolute atomic E-state index is 11.1. The van der Waals surface area contributed by atoms with Crippen LogP contribution < -0.4 is 4.72 Å². The smallest absolute Gasteiger partial charge is 0.208 e. The molecule has 17 heavy (non-hydrogen) atoms. The van der Waals surface area contributed by atoms with Crippen LogP contribution in [-0.2, 0) is 16.4 Å². The van der Waals surface area contributed by atoms with Crippen LogP contribution in [0.5, 0.6) is 0 Å². The first-order valence-corrected chi connectivity index (χ1v) is 8.15. The highest BCUT2D eigenvalue weighted by molar-refractivity contribution is 7.88. The van der Waals surface area contributed by atoms with E-state index in [0.717, 1.165) is 6.42 Å². The second-order valence-electron chi connectivity index (χ2n) is 4.25. The maximum atomic E-state index is 11.1. The summed E-state index contributed by atoms with van der Waals surface area (Å²) in [4.78, 5) is 0. The average Bonchev–Trinajstić information content (AvgIpc) is 2.59. The normalized spacial score (nSPS) is 14.0. The number of hydrogen-bond donors (Lipinski definition) is 1. The number of sulfonamides is 1. The van der Waals surface area contributed by atoms with Gasteiger partial charge in [-0.05, 0) is 35.7 Å². The van der Waals surface area contributed by atoms with Gasteiger partial charge in [-0.1, -0.05) is 18.2 Å². The number of nitrogens with one attached hydrogen (secondary N) is 1. The summed E-state index contributed by atoms with van der Waals surface area (Å²) < 4.78 is 26.1. The zero-order valence-corrected chi connectivity index (χ0v) is 11.4. The third-order valence-corrected chi connectivity index (χ3v) is 4.35. The molecular weight excluding hydrogens is 254 g/mol. The van der Waals surface area contributed by atoms with E-state index in [1.807, 2.05) is 19.1 Å². The van der Waals surface area contributed by atoms with E-state index >= 15 is 0 Å². The molecule has 1 N–H and O–H groups in total. The summed E-state index contributed by atoms with van der Waals surface area (Å²) in [6.07, 6.45) is 1.91. The van der Waals surface area contributed by atoms with Gasteiger partial charge in [0, 0.05) is 10.7 Å². The molecule has 0 spiro atoms. The molecule has 0 bridgehead atoms. The fourth-order valence-corrected chi connectivity index (χ4v) is 3.72. The van der Waals surface area contributed by atoms with Crippen LogP contribution in [0.2, 0.25) is 0 Å². The molecule has 0 saturated heterocycles. The summed E-state index contributed by atoms with van der Waals surface area (Å²) in [5, 5.41) is 3.32. The molecule has 1 aromatic heterocycles. The van der Waals surface area contributed by atoms with Gasteiger partial charge in [0.2, 0.25) is 10.0 Å². The highest BCUT2D eigenvalue weighted by Gasteiger charge is 2.11. The van der Waals surface area contributed by atoms with Gasteiger partial charge in [-0.15, -0.1) is 11.3 Å². The molecule has 3 nitrogen and oxygen atoms in total. The van der Waals surface area contributed by atoms with Crippen LogP contribution in [0.1, 0.15) is 12.5 Å². The highest BCUT2D eigenvalue weighted by Crippen LogP contribution is 2.26. The first-order chi connectivity index (χ1) is 7.96. The molecule has 0 amide bonds. The van der Waals surface area contributed by atoms with Gasteiger partial charge in [0.15, 0.2) is 0 Å². The Morgan fingerprint density at radius 3 is 2.76 bits per heavy atom. The molecule has 1 heterocycles. The topological polar surface area (TPSA) is 46.2 Å². The Bertz CT molecular complexity index is 616. The lowest BCUT2D eigenvalue weighted by Crippen LogP contribution is -2.33. The molecular formula is C12H15NO2S2. The van der Waals surface area contributed by atoms with Crippen LogP contribution in [-0.4, -0.2) is 20.7 Å². The van der Waals surface area contributed by atoms with Crippen molar-refractivity contribution in [1.29, 1.82) is 0 Å². The predicted molar refractivity (Wildman–Crippen MR) is 73.0 cm³/mol. The van der Waals surface area contributed by atoms with Crippen molar-refractivity contribution in [2.24, 2.45) is 0 Å². The molecule has 0 aliphatic carbocycles. The van der Waals surface area contributed by atoms with Gasteiger partial charge in [0.1, 0.15) is 0 Å². The van der Waals surface area contributed by atoms with Crippen molar-refractivity contribution in [3.63, 3.8) is 0 Å². The molecule has 0 saturated carbocycles. The zero-order valence-electron chi connectivity index (χ0n) is 9.80. The Kier molecular flexibility index (Phi) is 3.51. The minimum atomic E-state index is -3.13. The third-order valence-electron chi connectivity index (χ3n) is 2.50. The van der Waals surface area contributed by atoms with E-state index in [4.69, 9.17) is 0 Å². The Hall–Kier alpha value is -0.910. The Morgan fingerprint density at radius 2 is 2.06 bits per heavy atom. The lowest BCUT2D eigenvalue weighted by Gasteiger charge is -2.11. The quantitative estimate of drug-likeness (QED) is 0.926. The third kappa shape index (κ3) is 3.28. The zero-order chi connectivity index (χ0) is 12.5. The number of fused-ring (bicyclic) bond motifs is 1. The monoisotopic (exact) mass is 269 g/mol. The second-order valence-corrected chi connectivity index (χ2v) is 6.94. The summed E-state index contributed by atoms with van der Waals surface area (Å²) in [5.74, 6) is 0. The fraction of sp³-hybridized carbons (Fsp3) is 0.333. The van der Waals surface area contributed by atoms with E-state index in [1.54, 1.807) is 11.3 Å². The molecule has 5 heteroatoms. The average molecular weight is 269 g/mol. The van der Waals surface area contributed by atoms with Crippen LogP contribution in [0.4, 0.5) is 0 Å². The van der Waals surface area contributed by atoms with Gasteiger partial charge < -0.3 is 0 Å². The van der Waals surface area contributed by atoms with E-state index in [2.05, 4.69) is 22.2 Å². The molecule has 2 aromatic rings. The molecule has 1 aromatic carbocycles. The lowest BCUT2D eigenvalue weighted by molar-refractivity contribution is 0.566. The van der Waals surface area contributed by atoms with Gasteiger partial charge >= 0.3 is 0 Å². The van der Waals surface area contributed by atoms with Crippen molar-refractivity contribution in [3.8, 4) is 0 Å². The highest BCUT2D eigenvalue weighted by atomic mass is 32.2. The summed E-state index contributed by atoms with van der Waals surface area (Å²) in [6, 6.07) is 8.10. The molecule has 92 valence electrons. The van der Waals surface area contributed by atoms with Crippen molar-refractivity contribution >= 4 is 31.4 Å². The van der Waals surface area contributed by atoms with Gasteiger partial charge in [-0.25, -0.2) is 13.1 Å². The fourth-order valence-electron chi connectivity index (χ4n) is 1.93. The number of rotatable bonds is 4. The van der Waals surface area contributed by atoms with Crippen LogP contribution in [0.3, 0.4) is 0 Å². The molecule has 0 fully saturated rings. The lowest BCUT2D eigenvalue weighted by atomic mass is 10.1. The van der Waals surface area contributed by atoms with Crippen molar-refractivity contribution in [1.82, 2.24) is 4.72 Å². The molecule has 2 rings (SSSR count). The number of benzene rings is 1. The van der Waals surface area contributed by atoms with Crippen LogP contribution >= 0.6 is 11.3 Å². The number of hydrogen-bond acceptors (Lipinski definition) is 3. The minimum absolute atomic E-state index is 0.0805. The summed E-state index contributed by atoms with van der Waals surface area (Å²) in [5.41, 5.74) is 1.20. The van der Waals surface area contributed by atoms with Gasteiger partial charge in [-0.2, -0.15) is 0 Å². The first-order valence-electron chi connectivity index (χ1n) is 5.38. The summed E-state index contributed by atoms with van der Waals surface area (Å²) in [7, 11) is -3.13. The van der Waals surface area contributed by atoms with Crippen molar-refractivity contribution < 1.29 is 8.42 Å². The number of thiophene rings is 1. The van der Waals surface area contributed by atoms with E-state index in [-0.39, 0.29) is 6.04 Å². The molecule has 0 radical (unpaired) electrons.